The van der Waals surface area contributed by atoms with E-state index >= 15 is 0 Å². The smallest absolute Gasteiger partial charge is 0.329 e. The number of benzene rings is 1. The van der Waals surface area contributed by atoms with Crippen LogP contribution in [0.25, 0.3) is 0 Å². The number of quaternary nitrogens is 1. The Morgan fingerprint density at radius 2 is 1.76 bits per heavy atom. The van der Waals surface area contributed by atoms with Gasteiger partial charge in [0.1, 0.15) is 6.10 Å². The predicted molar refractivity (Wildman–Crippen MR) is 72.2 cm³/mol. The highest BCUT2D eigenvalue weighted by molar-refractivity contribution is 6.53. The van der Waals surface area contributed by atoms with Gasteiger partial charge in [0.05, 0.1) is 0 Å². The lowest BCUT2D eigenvalue weighted by Gasteiger charge is -2.21. The fourth-order valence-corrected chi connectivity index (χ4v) is 1.63. The summed E-state index contributed by atoms with van der Waals surface area (Å²) in [6.45, 7) is 0. The van der Waals surface area contributed by atoms with E-state index in [4.69, 9.17) is 33.5 Å². The van der Waals surface area contributed by atoms with Crippen LogP contribution in [-0.4, -0.2) is 38.2 Å². The summed E-state index contributed by atoms with van der Waals surface area (Å²) in [6, 6.07) is 3.22. The van der Waals surface area contributed by atoms with Crippen LogP contribution in [-0.2, 0) is 9.59 Å². The number of halogens is 2. The van der Waals surface area contributed by atoms with Crippen LogP contribution in [0.5, 0.6) is 0 Å². The van der Waals surface area contributed by atoms with Crippen LogP contribution in [0.1, 0.15) is 11.7 Å². The van der Waals surface area contributed by atoms with Crippen LogP contribution in [0.3, 0.4) is 0 Å². The monoisotopic (exact) mass is 338 g/mol. The third-order valence-electron chi connectivity index (χ3n) is 2.58. The molecule has 0 spiro atoms. The molecule has 10 heteroatoms. The van der Waals surface area contributed by atoms with Crippen LogP contribution in [0.4, 0.5) is 5.69 Å². The molecule has 0 aliphatic heterocycles. The predicted octanol–water partition coefficient (Wildman–Crippen LogP) is -0.504. The molecule has 1 amide bonds. The van der Waals surface area contributed by atoms with Crippen molar-refractivity contribution >= 4 is 40.8 Å². The van der Waals surface area contributed by atoms with Gasteiger partial charge < -0.3 is 20.7 Å². The van der Waals surface area contributed by atoms with Crippen molar-refractivity contribution in [1.29, 1.82) is 0 Å². The number of hydrogen-bond acceptors (Lipinski definition) is 5. The molecule has 1 aromatic rings. The van der Waals surface area contributed by atoms with Gasteiger partial charge in [-0.2, -0.15) is 5.23 Å². The average molecular weight is 339 g/mol. The molecule has 3 atom stereocenters. The van der Waals surface area contributed by atoms with Crippen LogP contribution in [0.15, 0.2) is 24.3 Å². The van der Waals surface area contributed by atoms with Crippen molar-refractivity contribution in [2.24, 2.45) is 0 Å². The standard InChI is InChI=1S/C11H12Cl2N2O6/c12-9(13)10(17)14-7(11(18)19)8(16)5-1-3-6(4-2-5)15(20)21/h1-4,7-9,15-16,20H,(H,14,17)(H,18,19). The number of carbonyl (C=O) groups excluding carboxylic acids is 1. The van der Waals surface area contributed by atoms with Crippen molar-refractivity contribution in [3.63, 3.8) is 0 Å². The number of carbonyl (C=O) groups is 2. The molecular weight excluding hydrogens is 327 g/mol. The number of alkyl halides is 2. The lowest BCUT2D eigenvalue weighted by molar-refractivity contribution is -0.991. The third-order valence-corrected chi connectivity index (χ3v) is 2.97. The Morgan fingerprint density at radius 1 is 1.24 bits per heavy atom. The van der Waals surface area contributed by atoms with Crippen molar-refractivity contribution in [3.05, 3.63) is 35.0 Å². The number of carboxylic acid groups (broad SMARTS) is 1. The van der Waals surface area contributed by atoms with E-state index in [2.05, 4.69) is 0 Å². The Labute approximate surface area is 129 Å². The van der Waals surface area contributed by atoms with E-state index in [1.54, 1.807) is 0 Å². The van der Waals surface area contributed by atoms with E-state index in [0.29, 0.717) is 0 Å². The normalized spacial score (nSPS) is 15.3. The highest BCUT2D eigenvalue weighted by Crippen LogP contribution is 2.19. The molecule has 5 N–H and O–H groups in total. The summed E-state index contributed by atoms with van der Waals surface area (Å²) in [5.41, 5.74) is 0.0943. The molecule has 3 unspecified atom stereocenters. The van der Waals surface area contributed by atoms with Gasteiger partial charge in [0.2, 0.25) is 0 Å². The van der Waals surface area contributed by atoms with Crippen LogP contribution in [0, 0.1) is 5.21 Å². The SMILES string of the molecule is O=C(NC(C(=O)O)C(O)c1ccc([NH+]([O-])O)cc1)C(Cl)Cl. The van der Waals surface area contributed by atoms with Crippen molar-refractivity contribution < 1.29 is 30.2 Å². The van der Waals surface area contributed by atoms with Crippen LogP contribution < -0.4 is 10.5 Å². The van der Waals surface area contributed by atoms with Crippen LogP contribution in [0.2, 0.25) is 0 Å². The minimum Gasteiger partial charge on any atom is -0.595 e. The quantitative estimate of drug-likeness (QED) is 0.350. The molecule has 116 valence electrons. The largest absolute Gasteiger partial charge is 0.595 e. The van der Waals surface area contributed by atoms with Crippen molar-refractivity contribution in [2.75, 3.05) is 0 Å². The summed E-state index contributed by atoms with van der Waals surface area (Å²) in [6.07, 6.45) is -1.60. The molecule has 8 nitrogen and oxygen atoms in total. The highest BCUT2D eigenvalue weighted by atomic mass is 35.5. The van der Waals surface area contributed by atoms with Gasteiger partial charge in [-0.3, -0.25) is 4.79 Å². The van der Waals surface area contributed by atoms with Crippen LogP contribution >= 0.6 is 23.2 Å². The van der Waals surface area contributed by atoms with Gasteiger partial charge in [-0.05, 0) is 5.56 Å². The lowest BCUT2D eigenvalue weighted by Crippen LogP contribution is -2.99. The summed E-state index contributed by atoms with van der Waals surface area (Å²) >= 11 is 10.6. The molecule has 0 aromatic heterocycles. The topological polar surface area (TPSA) is 134 Å². The van der Waals surface area contributed by atoms with E-state index < -0.39 is 34.1 Å². The average Bonchev–Trinajstić information content (AvgIpc) is 2.43. The molecule has 1 aromatic carbocycles. The molecular formula is C11H12Cl2N2O6. The van der Waals surface area contributed by atoms with E-state index in [9.17, 15) is 19.9 Å². The van der Waals surface area contributed by atoms with Gasteiger partial charge in [-0.15, -0.1) is 0 Å². The number of aliphatic hydroxyl groups is 1. The van der Waals surface area contributed by atoms with E-state index in [0.717, 1.165) is 0 Å². The molecule has 0 saturated carbocycles. The first kappa shape index (κ1) is 17.6. The molecule has 0 bridgehead atoms. The Kier molecular flexibility index (Phi) is 6.34. The number of carboxylic acids is 1. The summed E-state index contributed by atoms with van der Waals surface area (Å²) in [5, 5.41) is 39.3. The summed E-state index contributed by atoms with van der Waals surface area (Å²) in [5.74, 6) is -2.46. The first-order chi connectivity index (χ1) is 9.73. The van der Waals surface area contributed by atoms with E-state index in [1.165, 1.54) is 24.3 Å². The van der Waals surface area contributed by atoms with Gasteiger partial charge in [0, 0.05) is 12.1 Å². The lowest BCUT2D eigenvalue weighted by atomic mass is 10.0. The fraction of sp³-hybridized carbons (Fsp3) is 0.273. The van der Waals surface area contributed by atoms with Gasteiger partial charge in [0.25, 0.3) is 5.91 Å². The fourth-order valence-electron chi connectivity index (χ4n) is 1.51. The number of aliphatic carboxylic acids is 1. The Balaban J connectivity index is 2.92. The molecule has 0 saturated heterocycles. The summed E-state index contributed by atoms with van der Waals surface area (Å²) < 4.78 is 0. The highest BCUT2D eigenvalue weighted by Gasteiger charge is 2.31. The molecule has 1 rings (SSSR count). The van der Waals surface area contributed by atoms with Gasteiger partial charge in [-0.1, -0.05) is 35.3 Å². The minimum atomic E-state index is -1.67. The zero-order valence-corrected chi connectivity index (χ0v) is 11.9. The maximum Gasteiger partial charge on any atom is 0.329 e. The minimum absolute atomic E-state index is 0.0246. The number of aliphatic hydroxyl groups excluding tert-OH is 1. The third kappa shape index (κ3) is 4.81. The van der Waals surface area contributed by atoms with Gasteiger partial charge in [0.15, 0.2) is 16.6 Å². The number of rotatable bonds is 6. The number of amides is 1. The second-order valence-electron chi connectivity index (χ2n) is 4.00. The second-order valence-corrected chi connectivity index (χ2v) is 5.09. The van der Waals surface area contributed by atoms with Crippen molar-refractivity contribution in [2.45, 2.75) is 17.0 Å². The first-order valence-electron chi connectivity index (χ1n) is 5.56. The summed E-state index contributed by atoms with van der Waals surface area (Å²) in [4.78, 5) is 20.9. The van der Waals surface area contributed by atoms with Gasteiger partial charge in [-0.25, -0.2) is 10.0 Å². The summed E-state index contributed by atoms with van der Waals surface area (Å²) in [7, 11) is 0. The number of hydrogen-bond donors (Lipinski definition) is 5. The van der Waals surface area contributed by atoms with Crippen molar-refractivity contribution in [3.8, 4) is 0 Å². The molecule has 0 heterocycles. The Bertz CT molecular complexity index is 508. The maximum atomic E-state index is 11.3. The molecule has 0 aliphatic carbocycles. The molecule has 0 radical (unpaired) electrons. The molecule has 0 aliphatic rings. The van der Waals surface area contributed by atoms with E-state index in [1.807, 2.05) is 5.32 Å². The maximum absolute atomic E-state index is 11.3. The van der Waals surface area contributed by atoms with E-state index in [-0.39, 0.29) is 11.3 Å². The molecule has 21 heavy (non-hydrogen) atoms. The zero-order valence-electron chi connectivity index (χ0n) is 10.4. The van der Waals surface area contributed by atoms with Crippen molar-refractivity contribution in [1.82, 2.24) is 5.32 Å². The Morgan fingerprint density at radius 3 is 2.14 bits per heavy atom. The number of nitrogens with one attached hydrogen (secondary N) is 2. The first-order valence-corrected chi connectivity index (χ1v) is 6.44. The Hall–Kier alpha value is -1.42. The molecule has 0 fully saturated rings. The second kappa shape index (κ2) is 7.55. The van der Waals surface area contributed by atoms with Gasteiger partial charge >= 0.3 is 5.97 Å². The zero-order chi connectivity index (χ0) is 16.2.